The molecule has 126 valence electrons. The minimum atomic E-state index is -0.125. The summed E-state index contributed by atoms with van der Waals surface area (Å²) in [6.45, 7) is 5.46. The van der Waals surface area contributed by atoms with Crippen molar-refractivity contribution in [2.24, 2.45) is 0 Å². The number of hydrogen-bond donors (Lipinski definition) is 0. The summed E-state index contributed by atoms with van der Waals surface area (Å²) in [5.41, 5.74) is 0.758. The highest BCUT2D eigenvalue weighted by Gasteiger charge is 2.11. The van der Waals surface area contributed by atoms with Gasteiger partial charge >= 0.3 is 0 Å². The Hall–Kier alpha value is -1.98. The number of nitrogens with zero attached hydrogens (tertiary/aromatic N) is 3. The van der Waals surface area contributed by atoms with Crippen LogP contribution in [0.2, 0.25) is 0 Å². The predicted molar refractivity (Wildman–Crippen MR) is 96.4 cm³/mol. The molecule has 0 amide bonds. The Morgan fingerprint density at radius 1 is 1.17 bits per heavy atom. The lowest BCUT2D eigenvalue weighted by atomic mass is 10.2. The van der Waals surface area contributed by atoms with Gasteiger partial charge in [0.1, 0.15) is 5.82 Å². The van der Waals surface area contributed by atoms with E-state index in [1.54, 1.807) is 12.3 Å². The Kier molecular flexibility index (Phi) is 5.77. The summed E-state index contributed by atoms with van der Waals surface area (Å²) in [6.07, 6.45) is 6.62. The van der Waals surface area contributed by atoms with E-state index in [1.165, 1.54) is 15.8 Å². The van der Waals surface area contributed by atoms with Gasteiger partial charge in [0.15, 0.2) is 0 Å². The minimum Gasteiger partial charge on any atom is -0.337 e. The van der Waals surface area contributed by atoms with Crippen molar-refractivity contribution in [1.29, 1.82) is 0 Å². The number of benzene rings is 1. The maximum atomic E-state index is 14.0. The first kappa shape index (κ1) is 16.9. The highest BCUT2D eigenvalue weighted by Crippen LogP contribution is 2.19. The van der Waals surface area contributed by atoms with E-state index in [4.69, 9.17) is 0 Å². The van der Waals surface area contributed by atoms with Crippen molar-refractivity contribution < 1.29 is 4.39 Å². The van der Waals surface area contributed by atoms with E-state index in [0.29, 0.717) is 6.54 Å². The molecule has 2 heterocycles. The maximum absolute atomic E-state index is 14.0. The third-order valence-electron chi connectivity index (χ3n) is 3.98. The molecule has 0 fully saturated rings. The Balaban J connectivity index is 1.64. The fourth-order valence-electron chi connectivity index (χ4n) is 2.77. The molecule has 0 aliphatic rings. The molecule has 0 bridgehead atoms. The fraction of sp³-hybridized carbons (Fsp3) is 0.316. The van der Waals surface area contributed by atoms with E-state index in [1.807, 2.05) is 36.0 Å². The smallest absolute Gasteiger partial charge is 0.127 e. The van der Waals surface area contributed by atoms with E-state index in [0.717, 1.165) is 31.6 Å². The van der Waals surface area contributed by atoms with Crippen LogP contribution >= 0.6 is 11.3 Å². The van der Waals surface area contributed by atoms with E-state index in [2.05, 4.69) is 33.5 Å². The Morgan fingerprint density at radius 3 is 2.75 bits per heavy atom. The van der Waals surface area contributed by atoms with Crippen molar-refractivity contribution in [3.05, 3.63) is 76.3 Å². The average Bonchev–Trinajstić information content (AvgIpc) is 3.21. The lowest BCUT2D eigenvalue weighted by Crippen LogP contribution is -2.25. The molecule has 0 N–H and O–H groups in total. The first-order valence-corrected chi connectivity index (χ1v) is 8.99. The Labute approximate surface area is 146 Å². The third-order valence-corrected chi connectivity index (χ3v) is 4.96. The number of halogens is 1. The molecule has 5 heteroatoms. The zero-order chi connectivity index (χ0) is 16.8. The van der Waals surface area contributed by atoms with Crippen molar-refractivity contribution in [3.63, 3.8) is 0 Å². The summed E-state index contributed by atoms with van der Waals surface area (Å²) < 4.78 is 16.1. The van der Waals surface area contributed by atoms with Gasteiger partial charge in [-0.3, -0.25) is 4.90 Å². The number of imidazole rings is 1. The molecule has 1 aromatic carbocycles. The second-order valence-electron chi connectivity index (χ2n) is 5.97. The van der Waals surface area contributed by atoms with Gasteiger partial charge in [0.25, 0.3) is 0 Å². The lowest BCUT2D eigenvalue weighted by molar-refractivity contribution is 0.247. The molecule has 0 saturated heterocycles. The highest BCUT2D eigenvalue weighted by molar-refractivity contribution is 7.11. The van der Waals surface area contributed by atoms with Crippen molar-refractivity contribution in [3.8, 4) is 0 Å². The van der Waals surface area contributed by atoms with Crippen molar-refractivity contribution in [2.75, 3.05) is 6.54 Å². The monoisotopic (exact) mass is 343 g/mol. The average molecular weight is 343 g/mol. The Bertz CT molecular complexity index is 752. The molecule has 0 saturated carbocycles. The van der Waals surface area contributed by atoms with Crippen molar-refractivity contribution in [2.45, 2.75) is 33.0 Å². The number of aryl methyl sites for hydroxylation is 2. The van der Waals surface area contributed by atoms with Gasteiger partial charge in [0.2, 0.25) is 0 Å². The molecule has 24 heavy (non-hydrogen) atoms. The molecule has 0 aliphatic heterocycles. The van der Waals surface area contributed by atoms with Gasteiger partial charge in [-0.15, -0.1) is 11.3 Å². The van der Waals surface area contributed by atoms with Gasteiger partial charge in [-0.1, -0.05) is 18.2 Å². The van der Waals surface area contributed by atoms with Crippen LogP contribution in [0.3, 0.4) is 0 Å². The van der Waals surface area contributed by atoms with Crippen LogP contribution in [0, 0.1) is 12.7 Å². The fourth-order valence-corrected chi connectivity index (χ4v) is 3.70. The van der Waals surface area contributed by atoms with Crippen LogP contribution in [-0.4, -0.2) is 21.0 Å². The second-order valence-corrected chi connectivity index (χ2v) is 7.34. The Morgan fingerprint density at radius 2 is 2.04 bits per heavy atom. The first-order chi connectivity index (χ1) is 11.7. The van der Waals surface area contributed by atoms with E-state index < -0.39 is 0 Å². The van der Waals surface area contributed by atoms with Gasteiger partial charge in [0, 0.05) is 53.9 Å². The van der Waals surface area contributed by atoms with Gasteiger partial charge in [-0.05, 0) is 31.5 Å². The lowest BCUT2D eigenvalue weighted by Gasteiger charge is -2.22. The zero-order valence-electron chi connectivity index (χ0n) is 13.9. The molecule has 3 aromatic rings. The van der Waals surface area contributed by atoms with Crippen molar-refractivity contribution >= 4 is 11.3 Å². The van der Waals surface area contributed by atoms with Crippen LogP contribution in [0.25, 0.3) is 0 Å². The van der Waals surface area contributed by atoms with Gasteiger partial charge in [0.05, 0.1) is 6.33 Å². The summed E-state index contributed by atoms with van der Waals surface area (Å²) in [5, 5.41) is 0. The van der Waals surface area contributed by atoms with E-state index in [9.17, 15) is 4.39 Å². The molecule has 0 radical (unpaired) electrons. The quantitative estimate of drug-likeness (QED) is 0.601. The SMILES string of the molecule is Cc1ccc(CN(CCCn2ccnc2)Cc2ccccc2F)s1. The van der Waals surface area contributed by atoms with Crippen LogP contribution in [-0.2, 0) is 19.6 Å². The first-order valence-electron chi connectivity index (χ1n) is 8.17. The summed E-state index contributed by atoms with van der Waals surface area (Å²) in [4.78, 5) is 9.03. The van der Waals surface area contributed by atoms with Gasteiger partial charge in [-0.2, -0.15) is 0 Å². The van der Waals surface area contributed by atoms with Crippen LogP contribution in [0.5, 0.6) is 0 Å². The molecule has 0 aliphatic carbocycles. The topological polar surface area (TPSA) is 21.1 Å². The third kappa shape index (κ3) is 4.76. The molecular weight excluding hydrogens is 321 g/mol. The maximum Gasteiger partial charge on any atom is 0.127 e. The van der Waals surface area contributed by atoms with E-state index in [-0.39, 0.29) is 5.82 Å². The number of aromatic nitrogens is 2. The zero-order valence-corrected chi connectivity index (χ0v) is 14.7. The largest absolute Gasteiger partial charge is 0.337 e. The summed E-state index contributed by atoms with van der Waals surface area (Å²) >= 11 is 1.81. The molecule has 3 nitrogen and oxygen atoms in total. The summed E-state index contributed by atoms with van der Waals surface area (Å²) in [6, 6.07) is 11.4. The number of rotatable bonds is 8. The summed E-state index contributed by atoms with van der Waals surface area (Å²) in [5.74, 6) is -0.125. The molecule has 2 aromatic heterocycles. The molecule has 0 atom stereocenters. The van der Waals surface area contributed by atoms with Gasteiger partial charge < -0.3 is 4.57 Å². The van der Waals surface area contributed by atoms with Crippen LogP contribution in [0.4, 0.5) is 4.39 Å². The van der Waals surface area contributed by atoms with Crippen molar-refractivity contribution in [1.82, 2.24) is 14.5 Å². The standard InChI is InChI=1S/C19H22FN3S/c1-16-7-8-18(24-16)14-23(11-4-10-22-12-9-21-15-22)13-17-5-2-3-6-19(17)20/h2-3,5-9,12,15H,4,10-11,13-14H2,1H3. The van der Waals surface area contributed by atoms with Crippen LogP contribution < -0.4 is 0 Å². The van der Waals surface area contributed by atoms with Gasteiger partial charge in [-0.25, -0.2) is 9.37 Å². The van der Waals surface area contributed by atoms with Crippen LogP contribution in [0.15, 0.2) is 55.1 Å². The predicted octanol–water partition coefficient (Wildman–Crippen LogP) is 4.48. The number of hydrogen-bond acceptors (Lipinski definition) is 3. The normalized spacial score (nSPS) is 11.3. The molecule has 3 rings (SSSR count). The number of thiophene rings is 1. The molecule has 0 spiro atoms. The van der Waals surface area contributed by atoms with E-state index >= 15 is 0 Å². The van der Waals surface area contributed by atoms with Crippen LogP contribution in [0.1, 0.15) is 21.7 Å². The highest BCUT2D eigenvalue weighted by atomic mass is 32.1. The second kappa shape index (κ2) is 8.22. The summed E-state index contributed by atoms with van der Waals surface area (Å²) in [7, 11) is 0. The molecular formula is C19H22FN3S. The minimum absolute atomic E-state index is 0.125. The molecule has 0 unspecified atom stereocenters.